The quantitative estimate of drug-likeness (QED) is 0.634. The maximum Gasteiger partial charge on any atom is 0.0707 e. The van der Waals surface area contributed by atoms with Crippen LogP contribution in [0.2, 0.25) is 0 Å². The highest BCUT2D eigenvalue weighted by Crippen LogP contribution is 2.21. The predicted molar refractivity (Wildman–Crippen MR) is 81.2 cm³/mol. The molecule has 0 bridgehead atoms. The van der Waals surface area contributed by atoms with Crippen molar-refractivity contribution in [3.8, 4) is 0 Å². The highest BCUT2D eigenvalue weighted by Gasteiger charge is 2.26. The Morgan fingerprint density at radius 3 is 1.84 bits per heavy atom. The summed E-state index contributed by atoms with van der Waals surface area (Å²) in [4.78, 5) is 0. The van der Waals surface area contributed by atoms with Gasteiger partial charge in [-0.3, -0.25) is 0 Å². The van der Waals surface area contributed by atoms with Gasteiger partial charge >= 0.3 is 0 Å². The SMILES string of the molecule is CC(CC(C)(C)N)OCCOC(C)(C)CC(C)(C)N. The van der Waals surface area contributed by atoms with Crippen molar-refractivity contribution in [1.82, 2.24) is 0 Å². The maximum atomic E-state index is 6.02. The third-order valence-corrected chi connectivity index (χ3v) is 2.67. The molecule has 0 aromatic rings. The third-order valence-electron chi connectivity index (χ3n) is 2.67. The van der Waals surface area contributed by atoms with Crippen LogP contribution in [-0.2, 0) is 9.47 Å². The summed E-state index contributed by atoms with van der Waals surface area (Å²) in [5.74, 6) is 0. The van der Waals surface area contributed by atoms with E-state index in [4.69, 9.17) is 20.9 Å². The monoisotopic (exact) mass is 274 g/mol. The molecule has 1 unspecified atom stereocenters. The van der Waals surface area contributed by atoms with E-state index < -0.39 is 0 Å². The Hall–Kier alpha value is -0.160. The molecule has 0 aliphatic rings. The standard InChI is InChI=1S/C15H34N2O2/c1-12(10-13(2,3)16)18-8-9-19-15(6,7)11-14(4,5)17/h12H,8-11,16-17H2,1-7H3. The lowest BCUT2D eigenvalue weighted by Crippen LogP contribution is -2.42. The molecule has 4 N–H and O–H groups in total. The molecule has 0 aliphatic carbocycles. The zero-order valence-corrected chi connectivity index (χ0v) is 13.9. The van der Waals surface area contributed by atoms with Gasteiger partial charge < -0.3 is 20.9 Å². The summed E-state index contributed by atoms with van der Waals surface area (Å²) in [7, 11) is 0. The summed E-state index contributed by atoms with van der Waals surface area (Å²) in [6, 6.07) is 0. The Labute approximate surface area is 119 Å². The Balaban J connectivity index is 3.85. The lowest BCUT2D eigenvalue weighted by atomic mass is 9.90. The van der Waals surface area contributed by atoms with Crippen molar-refractivity contribution in [2.45, 2.75) is 84.1 Å². The fraction of sp³-hybridized carbons (Fsp3) is 1.00. The fourth-order valence-corrected chi connectivity index (χ4v) is 2.52. The second-order valence-corrected chi connectivity index (χ2v) is 7.65. The number of nitrogens with two attached hydrogens (primary N) is 2. The molecule has 0 spiro atoms. The van der Waals surface area contributed by atoms with Crippen molar-refractivity contribution in [1.29, 1.82) is 0 Å². The van der Waals surface area contributed by atoms with E-state index in [1.165, 1.54) is 0 Å². The van der Waals surface area contributed by atoms with Crippen molar-refractivity contribution in [3.05, 3.63) is 0 Å². The van der Waals surface area contributed by atoms with Gasteiger partial charge in [0.25, 0.3) is 0 Å². The van der Waals surface area contributed by atoms with E-state index >= 15 is 0 Å². The van der Waals surface area contributed by atoms with E-state index in [9.17, 15) is 0 Å². The minimum atomic E-state index is -0.224. The van der Waals surface area contributed by atoms with Crippen LogP contribution in [-0.4, -0.2) is 36.0 Å². The lowest BCUT2D eigenvalue weighted by Gasteiger charge is -2.32. The fourth-order valence-electron chi connectivity index (χ4n) is 2.52. The van der Waals surface area contributed by atoms with Gasteiger partial charge in [-0.1, -0.05) is 0 Å². The van der Waals surface area contributed by atoms with Gasteiger partial charge in [-0.05, 0) is 61.3 Å². The summed E-state index contributed by atoms with van der Waals surface area (Å²) < 4.78 is 11.6. The van der Waals surface area contributed by atoms with Crippen LogP contribution in [0.3, 0.4) is 0 Å². The van der Waals surface area contributed by atoms with E-state index in [2.05, 4.69) is 13.8 Å². The van der Waals surface area contributed by atoms with Crippen molar-refractivity contribution in [2.24, 2.45) is 11.5 Å². The van der Waals surface area contributed by atoms with Crippen LogP contribution < -0.4 is 11.5 Å². The minimum absolute atomic E-state index is 0.151. The molecule has 0 rings (SSSR count). The van der Waals surface area contributed by atoms with E-state index in [1.54, 1.807) is 0 Å². The molecule has 0 aliphatic heterocycles. The molecule has 19 heavy (non-hydrogen) atoms. The first-order valence-corrected chi connectivity index (χ1v) is 7.14. The van der Waals surface area contributed by atoms with Crippen LogP contribution in [0, 0.1) is 0 Å². The Morgan fingerprint density at radius 1 is 0.895 bits per heavy atom. The van der Waals surface area contributed by atoms with Crippen LogP contribution in [0.15, 0.2) is 0 Å². The number of hydrogen-bond donors (Lipinski definition) is 2. The van der Waals surface area contributed by atoms with Gasteiger partial charge in [-0.2, -0.15) is 0 Å². The smallest absolute Gasteiger partial charge is 0.0707 e. The van der Waals surface area contributed by atoms with Gasteiger partial charge in [0.15, 0.2) is 0 Å². The molecule has 0 saturated carbocycles. The lowest BCUT2D eigenvalue weighted by molar-refractivity contribution is -0.0707. The molecule has 0 aromatic heterocycles. The van der Waals surface area contributed by atoms with Crippen molar-refractivity contribution >= 4 is 0 Å². The van der Waals surface area contributed by atoms with Gasteiger partial charge in [0.05, 0.1) is 24.9 Å². The first kappa shape index (κ1) is 18.8. The largest absolute Gasteiger partial charge is 0.376 e. The van der Waals surface area contributed by atoms with Gasteiger partial charge in [-0.15, -0.1) is 0 Å². The van der Waals surface area contributed by atoms with E-state index in [1.807, 2.05) is 34.6 Å². The van der Waals surface area contributed by atoms with Gasteiger partial charge in [-0.25, -0.2) is 0 Å². The molecule has 4 nitrogen and oxygen atoms in total. The molecule has 0 saturated heterocycles. The zero-order chi connectivity index (χ0) is 15.3. The summed E-state index contributed by atoms with van der Waals surface area (Å²) in [5.41, 5.74) is 11.3. The molecule has 0 radical (unpaired) electrons. The second-order valence-electron chi connectivity index (χ2n) is 7.65. The number of ether oxygens (including phenoxy) is 2. The topological polar surface area (TPSA) is 70.5 Å². The molecule has 1 atom stereocenters. The Morgan fingerprint density at radius 2 is 1.42 bits per heavy atom. The van der Waals surface area contributed by atoms with Crippen molar-refractivity contribution in [3.63, 3.8) is 0 Å². The molecule has 0 heterocycles. The highest BCUT2D eigenvalue weighted by atomic mass is 16.5. The normalized spacial score (nSPS) is 15.6. The van der Waals surface area contributed by atoms with Crippen LogP contribution in [0.5, 0.6) is 0 Å². The molecule has 0 aromatic carbocycles. The van der Waals surface area contributed by atoms with Crippen LogP contribution >= 0.6 is 0 Å². The molecule has 4 heteroatoms. The second kappa shape index (κ2) is 7.02. The number of hydrogen-bond acceptors (Lipinski definition) is 4. The molecule has 0 amide bonds. The first-order valence-electron chi connectivity index (χ1n) is 7.14. The average molecular weight is 274 g/mol. The molecule has 116 valence electrons. The molecular weight excluding hydrogens is 240 g/mol. The molecular formula is C15H34N2O2. The maximum absolute atomic E-state index is 6.02. The van der Waals surface area contributed by atoms with Crippen LogP contribution in [0.25, 0.3) is 0 Å². The van der Waals surface area contributed by atoms with Gasteiger partial charge in [0, 0.05) is 11.1 Å². The first-order chi connectivity index (χ1) is 8.31. The Bertz CT molecular complexity index is 252. The highest BCUT2D eigenvalue weighted by molar-refractivity contribution is 4.83. The van der Waals surface area contributed by atoms with E-state index in [0.29, 0.717) is 13.2 Å². The minimum Gasteiger partial charge on any atom is -0.376 e. The third kappa shape index (κ3) is 12.6. The van der Waals surface area contributed by atoms with Gasteiger partial charge in [0.1, 0.15) is 0 Å². The van der Waals surface area contributed by atoms with E-state index in [-0.39, 0.29) is 22.8 Å². The molecule has 0 fully saturated rings. The zero-order valence-electron chi connectivity index (χ0n) is 13.9. The summed E-state index contributed by atoms with van der Waals surface area (Å²) in [6.07, 6.45) is 1.80. The summed E-state index contributed by atoms with van der Waals surface area (Å²) >= 11 is 0. The summed E-state index contributed by atoms with van der Waals surface area (Å²) in [5, 5.41) is 0. The van der Waals surface area contributed by atoms with Crippen LogP contribution in [0.4, 0.5) is 0 Å². The van der Waals surface area contributed by atoms with Crippen molar-refractivity contribution < 1.29 is 9.47 Å². The van der Waals surface area contributed by atoms with E-state index in [0.717, 1.165) is 12.8 Å². The average Bonchev–Trinajstić information content (AvgIpc) is 2.05. The summed E-state index contributed by atoms with van der Waals surface area (Å²) in [6.45, 7) is 15.4. The van der Waals surface area contributed by atoms with Crippen LogP contribution in [0.1, 0.15) is 61.3 Å². The van der Waals surface area contributed by atoms with Crippen molar-refractivity contribution in [2.75, 3.05) is 13.2 Å². The Kier molecular flexibility index (Phi) is 6.96. The predicted octanol–water partition coefficient (Wildman–Crippen LogP) is 2.44. The number of rotatable bonds is 9. The van der Waals surface area contributed by atoms with Gasteiger partial charge in [0.2, 0.25) is 0 Å².